The highest BCUT2D eigenvalue weighted by molar-refractivity contribution is 6.34. The predicted octanol–water partition coefficient (Wildman–Crippen LogP) is 0.516. The number of nitrogens with two attached hydrogens (primary N) is 1. The van der Waals surface area contributed by atoms with Gasteiger partial charge >= 0.3 is 8.93 Å². The average Bonchev–Trinajstić information content (AvgIpc) is 2.20. The Kier molecular flexibility index (Phi) is 16.7. The number of rotatable bonds is 7. The summed E-state index contributed by atoms with van der Waals surface area (Å²) >= 11 is 0. The van der Waals surface area contributed by atoms with Crippen LogP contribution in [0.2, 0.25) is 6.04 Å². The molecule has 0 heterocycles. The van der Waals surface area contributed by atoms with Crippen molar-refractivity contribution in [3.8, 4) is 0 Å². The molecule has 0 unspecified atom stereocenters. The molecule has 0 aromatic carbocycles. The van der Waals surface area contributed by atoms with Gasteiger partial charge in [0.25, 0.3) is 0 Å². The van der Waals surface area contributed by atoms with E-state index in [1.54, 1.807) is 0 Å². The zero-order valence-electron chi connectivity index (χ0n) is 8.93. The lowest BCUT2D eigenvalue weighted by atomic mass is 10.5. The van der Waals surface area contributed by atoms with Gasteiger partial charge in [-0.3, -0.25) is 0 Å². The summed E-state index contributed by atoms with van der Waals surface area (Å²) < 4.78 is 15.4. The van der Waals surface area contributed by atoms with Gasteiger partial charge in [-0.15, -0.1) is 0 Å². The Bertz CT molecular complexity index is 112. The molecule has 0 rings (SSSR count). The summed E-state index contributed by atoms with van der Waals surface area (Å²) in [7, 11) is -0.257. The molecule has 0 saturated carbocycles. The maximum atomic E-state index is 10.8. The van der Waals surface area contributed by atoms with Gasteiger partial charge in [0, 0.05) is 19.1 Å². The lowest BCUT2D eigenvalue weighted by Gasteiger charge is -2.00. The Balaban J connectivity index is 0. The van der Waals surface area contributed by atoms with E-state index in [0.717, 1.165) is 19.5 Å². The third-order valence-electron chi connectivity index (χ3n) is 1.28. The summed E-state index contributed by atoms with van der Waals surface area (Å²) in [5.74, 6) is 0. The van der Waals surface area contributed by atoms with Crippen LogP contribution in [0.25, 0.3) is 0 Å². The molecule has 80 valence electrons. The lowest BCUT2D eigenvalue weighted by Crippen LogP contribution is -2.23. The van der Waals surface area contributed by atoms with Crippen LogP contribution in [0.4, 0.5) is 0 Å². The summed E-state index contributed by atoms with van der Waals surface area (Å²) in [5, 5.41) is 3.11. The van der Waals surface area contributed by atoms with E-state index >= 15 is 0 Å². The molecule has 0 spiro atoms. The third kappa shape index (κ3) is 14.6. The van der Waals surface area contributed by atoms with Crippen LogP contribution < -0.4 is 11.1 Å². The summed E-state index contributed by atoms with van der Waals surface area (Å²) in [5.41, 5.74) is 5.25. The Hall–Kier alpha value is -0.263. The number of hydrogen-bond acceptors (Lipinski definition) is 4. The molecular weight excluding hydrogens is 184 g/mol. The fourth-order valence-electron chi connectivity index (χ4n) is 0.687. The molecule has 0 amide bonds. The number of nitrogens with one attached hydrogen (secondary N) is 1. The van der Waals surface area contributed by atoms with E-state index in [4.69, 9.17) is 5.73 Å². The van der Waals surface area contributed by atoms with Crippen LogP contribution >= 0.6 is 0 Å². The predicted molar refractivity (Wildman–Crippen MR) is 56.1 cm³/mol. The Morgan fingerprint density at radius 3 is 2.46 bits per heavy atom. The van der Waals surface area contributed by atoms with Gasteiger partial charge in [-0.05, 0) is 13.0 Å². The Labute approximate surface area is 82.6 Å². The van der Waals surface area contributed by atoms with Crippen LogP contribution in [0.5, 0.6) is 0 Å². The van der Waals surface area contributed by atoms with Gasteiger partial charge in [-0.25, -0.2) is 0 Å². The molecule has 5 heteroatoms. The van der Waals surface area contributed by atoms with E-state index in [0.29, 0.717) is 12.6 Å². The molecule has 0 aromatic heterocycles. The van der Waals surface area contributed by atoms with Crippen molar-refractivity contribution in [3.05, 3.63) is 0 Å². The molecule has 0 fully saturated rings. The summed E-state index contributed by atoms with van der Waals surface area (Å²) in [6, 6.07) is 0.665. The van der Waals surface area contributed by atoms with Gasteiger partial charge in [0.15, 0.2) is 0 Å². The van der Waals surface area contributed by atoms with Crippen LogP contribution in [0.1, 0.15) is 20.3 Å². The first-order valence-electron chi connectivity index (χ1n) is 4.79. The molecular formula is C8H22N2O2Si. The van der Waals surface area contributed by atoms with Crippen LogP contribution in [-0.4, -0.2) is 35.7 Å². The summed E-state index contributed by atoms with van der Waals surface area (Å²) in [4.78, 5) is 0. The molecule has 0 aromatic rings. The fourth-order valence-corrected chi connectivity index (χ4v) is 1.36. The van der Waals surface area contributed by atoms with Crippen LogP contribution in [0.15, 0.2) is 0 Å². The fraction of sp³-hybridized carbons (Fsp3) is 1.00. The zero-order valence-corrected chi connectivity index (χ0v) is 9.93. The van der Waals surface area contributed by atoms with E-state index in [2.05, 4.69) is 9.74 Å². The quantitative estimate of drug-likeness (QED) is 0.471. The van der Waals surface area contributed by atoms with Crippen molar-refractivity contribution in [2.45, 2.75) is 26.3 Å². The van der Waals surface area contributed by atoms with Crippen LogP contribution in [0, 0.1) is 0 Å². The molecule has 0 aliphatic heterocycles. The van der Waals surface area contributed by atoms with Crippen LogP contribution in [0.3, 0.4) is 0 Å². The Morgan fingerprint density at radius 1 is 1.38 bits per heavy atom. The van der Waals surface area contributed by atoms with Gasteiger partial charge in [-0.1, -0.05) is 13.8 Å². The zero-order chi connectivity index (χ0) is 10.5. The van der Waals surface area contributed by atoms with Crippen molar-refractivity contribution in [3.63, 3.8) is 0 Å². The van der Waals surface area contributed by atoms with E-state index in [1.165, 1.54) is 7.11 Å². The van der Waals surface area contributed by atoms with Crippen molar-refractivity contribution in [2.75, 3.05) is 26.7 Å². The maximum absolute atomic E-state index is 10.8. The van der Waals surface area contributed by atoms with Gasteiger partial charge in [0.1, 0.15) is 0 Å². The first-order valence-corrected chi connectivity index (χ1v) is 6.31. The lowest BCUT2D eigenvalue weighted by molar-refractivity contribution is 0.361. The molecule has 3 N–H and O–H groups in total. The van der Waals surface area contributed by atoms with Crippen molar-refractivity contribution in [1.29, 1.82) is 0 Å². The maximum Gasteiger partial charge on any atom is 0.502 e. The van der Waals surface area contributed by atoms with Crippen molar-refractivity contribution in [2.24, 2.45) is 5.73 Å². The second-order valence-corrected chi connectivity index (χ2v) is 3.87. The summed E-state index contributed by atoms with van der Waals surface area (Å²) in [6.45, 7) is 6.35. The van der Waals surface area contributed by atoms with E-state index < -0.39 is 8.93 Å². The first-order chi connectivity index (χ1) is 6.31. The molecule has 0 aliphatic rings. The normalized spacial score (nSPS) is 8.62. The minimum Gasteiger partial charge on any atom is -0.527 e. The topological polar surface area (TPSA) is 64.3 Å². The van der Waals surface area contributed by atoms with Gasteiger partial charge < -0.3 is 19.9 Å². The molecule has 0 bridgehead atoms. The average molecular weight is 206 g/mol. The highest BCUT2D eigenvalue weighted by Gasteiger charge is 2.02. The smallest absolute Gasteiger partial charge is 0.502 e. The van der Waals surface area contributed by atoms with E-state index in [9.17, 15) is 4.46 Å². The largest absolute Gasteiger partial charge is 0.527 e. The minimum absolute atomic E-state index is 0.652. The first kappa shape index (κ1) is 15.2. The molecule has 13 heavy (non-hydrogen) atoms. The standard InChI is InChI=1S/C6H16N2O2Si.C2H6/c1-10-11(9)6-2-4-8-5-3-7;1-2/h8H,2-7H2,1H3;1-2H3. The molecule has 0 aliphatic carbocycles. The third-order valence-corrected chi connectivity index (χ3v) is 2.50. The minimum atomic E-state index is -1.74. The van der Waals surface area contributed by atoms with Crippen molar-refractivity contribution < 1.29 is 8.89 Å². The van der Waals surface area contributed by atoms with Crippen LogP contribution in [-0.2, 0) is 8.89 Å². The monoisotopic (exact) mass is 206 g/mol. The van der Waals surface area contributed by atoms with Crippen molar-refractivity contribution >= 4 is 8.93 Å². The highest BCUT2D eigenvalue weighted by Crippen LogP contribution is 1.88. The van der Waals surface area contributed by atoms with Crippen molar-refractivity contribution in [1.82, 2.24) is 5.32 Å². The highest BCUT2D eigenvalue weighted by atomic mass is 28.3. The van der Waals surface area contributed by atoms with Gasteiger partial charge in [-0.2, -0.15) is 0 Å². The molecule has 0 atom stereocenters. The second kappa shape index (κ2) is 14.3. The van der Waals surface area contributed by atoms with Gasteiger partial charge in [0.2, 0.25) is 0 Å². The molecule has 0 radical (unpaired) electrons. The van der Waals surface area contributed by atoms with Gasteiger partial charge in [0.05, 0.1) is 7.11 Å². The SMILES string of the molecule is CC.CO[Si](=O)CCCNCCN. The second-order valence-electron chi connectivity index (χ2n) is 2.22. The molecule has 4 nitrogen and oxygen atoms in total. The van der Waals surface area contributed by atoms with E-state index in [-0.39, 0.29) is 0 Å². The Morgan fingerprint density at radius 2 is 2.00 bits per heavy atom. The summed E-state index contributed by atoms with van der Waals surface area (Å²) in [6.07, 6.45) is 0.894. The molecule has 0 saturated heterocycles. The van der Waals surface area contributed by atoms with E-state index in [1.807, 2.05) is 13.8 Å². The number of hydrogen-bond donors (Lipinski definition) is 2.